The zero-order valence-corrected chi connectivity index (χ0v) is 8.87. The number of aliphatic carboxylic acids is 1. The van der Waals surface area contributed by atoms with Gasteiger partial charge in [0.15, 0.2) is 0 Å². The number of carboxylic acids is 1. The molecule has 0 unspecified atom stereocenters. The van der Waals surface area contributed by atoms with Gasteiger partial charge in [-0.15, -0.1) is 11.3 Å². The number of nitrogens with zero attached hydrogens (tertiary/aromatic N) is 2. The zero-order valence-electron chi connectivity index (χ0n) is 8.06. The minimum absolute atomic E-state index is 0.124. The molecule has 0 aromatic carbocycles. The molecule has 2 N–H and O–H groups in total. The molecule has 0 amide bonds. The van der Waals surface area contributed by atoms with Crippen molar-refractivity contribution in [3.63, 3.8) is 0 Å². The minimum atomic E-state index is -1.10. The molecule has 2 aromatic rings. The predicted octanol–water partition coefficient (Wildman–Crippen LogP) is -1.06. The molecule has 78 valence electrons. The van der Waals surface area contributed by atoms with Gasteiger partial charge in [-0.25, -0.2) is 4.98 Å². The lowest BCUT2D eigenvalue weighted by molar-refractivity contribution is -0.571. The highest BCUT2D eigenvalue weighted by molar-refractivity contribution is 7.18. The van der Waals surface area contributed by atoms with Crippen LogP contribution >= 0.6 is 11.3 Å². The van der Waals surface area contributed by atoms with E-state index in [4.69, 9.17) is 0 Å². The first kappa shape index (κ1) is 10.0. The van der Waals surface area contributed by atoms with E-state index in [1.165, 1.54) is 6.33 Å². The standard InChI is InChI=1S/C9H9N3O2S/c1-5-2-6-8(10-3-7(13)14)11-4-12-9(6)15-5/h2,4H,3H2,1H3,(H,13,14)(H,10,11,12). The molecule has 0 atom stereocenters. The van der Waals surface area contributed by atoms with E-state index in [2.05, 4.69) is 9.97 Å². The van der Waals surface area contributed by atoms with Gasteiger partial charge < -0.3 is 9.90 Å². The number of carbonyl (C=O) groups is 1. The molecule has 6 heteroatoms. The normalized spacial score (nSPS) is 10.7. The van der Waals surface area contributed by atoms with Crippen LogP contribution in [-0.4, -0.2) is 22.5 Å². The highest BCUT2D eigenvalue weighted by Crippen LogP contribution is 2.24. The molecule has 0 bridgehead atoms. The summed E-state index contributed by atoms with van der Waals surface area (Å²) in [5.41, 5.74) is 0. The van der Waals surface area contributed by atoms with Crippen LogP contribution in [0.5, 0.6) is 0 Å². The Bertz CT molecular complexity index is 509. The van der Waals surface area contributed by atoms with E-state index >= 15 is 0 Å². The fourth-order valence-electron chi connectivity index (χ4n) is 1.34. The third-order valence-corrected chi connectivity index (χ3v) is 2.90. The summed E-state index contributed by atoms with van der Waals surface area (Å²) < 4.78 is 0. The number of aromatic nitrogens is 2. The topological polar surface area (TPSA) is 82.5 Å². The second-order valence-electron chi connectivity index (χ2n) is 3.12. The predicted molar refractivity (Wildman–Crippen MR) is 53.6 cm³/mol. The Kier molecular flexibility index (Phi) is 2.61. The lowest BCUT2D eigenvalue weighted by Crippen LogP contribution is -2.81. The Labute approximate surface area is 89.8 Å². The van der Waals surface area contributed by atoms with Gasteiger partial charge in [0, 0.05) is 4.88 Å². The van der Waals surface area contributed by atoms with Gasteiger partial charge in [0.2, 0.25) is 5.82 Å². The average Bonchev–Trinajstić information content (AvgIpc) is 2.55. The Morgan fingerprint density at radius 3 is 3.13 bits per heavy atom. The number of quaternary nitrogens is 1. The van der Waals surface area contributed by atoms with E-state index < -0.39 is 5.97 Å². The van der Waals surface area contributed by atoms with Crippen molar-refractivity contribution < 1.29 is 15.2 Å². The minimum Gasteiger partial charge on any atom is -0.544 e. The van der Waals surface area contributed by atoms with Gasteiger partial charge in [0.25, 0.3) is 0 Å². The monoisotopic (exact) mass is 223 g/mol. The van der Waals surface area contributed by atoms with Crippen LogP contribution in [0.4, 0.5) is 5.82 Å². The van der Waals surface area contributed by atoms with E-state index in [-0.39, 0.29) is 6.54 Å². The molecule has 0 radical (unpaired) electrons. The Morgan fingerprint density at radius 2 is 2.40 bits per heavy atom. The van der Waals surface area contributed by atoms with Gasteiger partial charge in [-0.1, -0.05) is 0 Å². The maximum absolute atomic E-state index is 10.3. The SMILES string of the molecule is Cc1cc2c([NH2+]CC(=O)[O-])ncnc2s1. The van der Waals surface area contributed by atoms with Crippen LogP contribution in [-0.2, 0) is 4.79 Å². The van der Waals surface area contributed by atoms with Gasteiger partial charge in [-0.05, 0) is 13.0 Å². The highest BCUT2D eigenvalue weighted by atomic mass is 32.1. The van der Waals surface area contributed by atoms with Crippen molar-refractivity contribution in [1.82, 2.24) is 9.97 Å². The largest absolute Gasteiger partial charge is 0.544 e. The summed E-state index contributed by atoms with van der Waals surface area (Å²) in [4.78, 5) is 20.5. The fraction of sp³-hybridized carbons (Fsp3) is 0.222. The average molecular weight is 223 g/mol. The van der Waals surface area contributed by atoms with Crippen LogP contribution in [0.25, 0.3) is 10.2 Å². The number of fused-ring (bicyclic) bond motifs is 1. The smallest absolute Gasteiger partial charge is 0.236 e. The highest BCUT2D eigenvalue weighted by Gasteiger charge is 2.09. The summed E-state index contributed by atoms with van der Waals surface area (Å²) in [6, 6.07) is 1.96. The summed E-state index contributed by atoms with van der Waals surface area (Å²) in [5, 5.41) is 12.8. The lowest BCUT2D eigenvalue weighted by atomic mass is 10.3. The quantitative estimate of drug-likeness (QED) is 0.719. The molecule has 0 saturated heterocycles. The Balaban J connectivity index is 2.37. The number of hydrogen-bond acceptors (Lipinski definition) is 5. The number of nitrogens with two attached hydrogens (primary N) is 1. The van der Waals surface area contributed by atoms with Gasteiger partial charge in [-0.3, -0.25) is 5.32 Å². The molecule has 2 aromatic heterocycles. The van der Waals surface area contributed by atoms with Crippen molar-refractivity contribution in [1.29, 1.82) is 0 Å². The van der Waals surface area contributed by atoms with E-state index in [0.29, 0.717) is 5.82 Å². The molecule has 0 spiro atoms. The van der Waals surface area contributed by atoms with Crippen LogP contribution in [0.15, 0.2) is 12.4 Å². The molecule has 0 fully saturated rings. The summed E-state index contributed by atoms with van der Waals surface area (Å²) >= 11 is 1.57. The fourth-order valence-corrected chi connectivity index (χ4v) is 2.19. The molecule has 0 aliphatic carbocycles. The molecular formula is C9H9N3O2S. The summed E-state index contributed by atoms with van der Waals surface area (Å²) in [6.07, 6.45) is 1.44. The Hall–Kier alpha value is -1.53. The molecular weight excluding hydrogens is 214 g/mol. The molecule has 15 heavy (non-hydrogen) atoms. The molecule has 5 nitrogen and oxygen atoms in total. The van der Waals surface area contributed by atoms with Crippen molar-refractivity contribution >= 4 is 33.3 Å². The van der Waals surface area contributed by atoms with E-state index in [1.54, 1.807) is 16.7 Å². The second-order valence-corrected chi connectivity index (χ2v) is 4.35. The molecule has 0 aliphatic heterocycles. The molecule has 0 aliphatic rings. The number of carboxylic acid groups (broad SMARTS) is 1. The maximum Gasteiger partial charge on any atom is 0.236 e. The van der Waals surface area contributed by atoms with Gasteiger partial charge in [0.1, 0.15) is 17.7 Å². The first-order valence-electron chi connectivity index (χ1n) is 4.41. The van der Waals surface area contributed by atoms with Gasteiger partial charge in [0.05, 0.1) is 11.4 Å². The second kappa shape index (κ2) is 3.92. The van der Waals surface area contributed by atoms with Crippen molar-refractivity contribution in [2.45, 2.75) is 6.92 Å². The van der Waals surface area contributed by atoms with Crippen LogP contribution < -0.4 is 10.4 Å². The van der Waals surface area contributed by atoms with E-state index in [9.17, 15) is 9.90 Å². The maximum atomic E-state index is 10.3. The van der Waals surface area contributed by atoms with Gasteiger partial charge >= 0.3 is 0 Å². The van der Waals surface area contributed by atoms with Crippen LogP contribution in [0.1, 0.15) is 4.88 Å². The lowest BCUT2D eigenvalue weighted by Gasteiger charge is -2.00. The number of rotatable bonds is 3. The number of thiophene rings is 1. The van der Waals surface area contributed by atoms with E-state index in [0.717, 1.165) is 15.1 Å². The van der Waals surface area contributed by atoms with Crippen molar-refractivity contribution in [2.75, 3.05) is 6.54 Å². The molecule has 2 heterocycles. The van der Waals surface area contributed by atoms with Crippen molar-refractivity contribution in [2.24, 2.45) is 0 Å². The number of aryl methyl sites for hydroxylation is 1. The summed E-state index contributed by atoms with van der Waals surface area (Å²) in [5.74, 6) is -0.442. The summed E-state index contributed by atoms with van der Waals surface area (Å²) in [7, 11) is 0. The van der Waals surface area contributed by atoms with E-state index in [1.807, 2.05) is 13.0 Å². The number of hydrogen-bond donors (Lipinski definition) is 1. The summed E-state index contributed by atoms with van der Waals surface area (Å²) in [6.45, 7) is 1.86. The van der Waals surface area contributed by atoms with Crippen molar-refractivity contribution in [3.05, 3.63) is 17.3 Å². The van der Waals surface area contributed by atoms with Crippen LogP contribution in [0.2, 0.25) is 0 Å². The van der Waals surface area contributed by atoms with Gasteiger partial charge in [-0.2, -0.15) is 4.98 Å². The van der Waals surface area contributed by atoms with Crippen LogP contribution in [0, 0.1) is 6.92 Å². The third kappa shape index (κ3) is 2.11. The zero-order chi connectivity index (χ0) is 10.8. The first-order valence-corrected chi connectivity index (χ1v) is 5.22. The Morgan fingerprint density at radius 1 is 1.60 bits per heavy atom. The van der Waals surface area contributed by atoms with Crippen molar-refractivity contribution in [3.8, 4) is 0 Å². The molecule has 0 saturated carbocycles. The number of carbonyl (C=O) groups excluding carboxylic acids is 1. The first-order chi connectivity index (χ1) is 7.16. The van der Waals surface area contributed by atoms with Crippen LogP contribution in [0.3, 0.4) is 0 Å². The molecule has 2 rings (SSSR count). The third-order valence-electron chi connectivity index (χ3n) is 1.95.